The van der Waals surface area contributed by atoms with E-state index < -0.39 is 0 Å². The zero-order chi connectivity index (χ0) is 46.6. The van der Waals surface area contributed by atoms with Crippen LogP contribution >= 0.6 is 11.3 Å². The minimum atomic E-state index is -0.0471. The third-order valence-electron chi connectivity index (χ3n) is 14.2. The van der Waals surface area contributed by atoms with Crippen LogP contribution in [0.4, 0.5) is 51.2 Å². The summed E-state index contributed by atoms with van der Waals surface area (Å²) in [7, 11) is 0. The average Bonchev–Trinajstić information content (AvgIpc) is 4.14. The van der Waals surface area contributed by atoms with E-state index in [1.165, 1.54) is 65.2 Å². The van der Waals surface area contributed by atoms with Crippen molar-refractivity contribution in [1.82, 2.24) is 0 Å². The SMILES string of the molecule is Cc1cc2c3c(c1)N(c1cc(-c4cc5ccccc5o4)cc(-c4cc5ccccc5o4)c1)c1c(sc4ccccc14)B3c1ccc(N(c3ccccc3)c3ccccc3)cc1N2c1c(C)cccc1C. The van der Waals surface area contributed by atoms with Crippen molar-refractivity contribution in [2.45, 2.75) is 20.8 Å². The normalized spacial score (nSPS) is 12.7. The zero-order valence-electron chi connectivity index (χ0n) is 38.9. The second kappa shape index (κ2) is 15.8. The van der Waals surface area contributed by atoms with Crippen LogP contribution in [-0.2, 0) is 0 Å². The highest BCUT2D eigenvalue weighted by Gasteiger charge is 2.46. The van der Waals surface area contributed by atoms with Crippen LogP contribution in [0, 0.1) is 20.8 Å². The van der Waals surface area contributed by atoms with E-state index >= 15 is 0 Å². The quantitative estimate of drug-likeness (QED) is 0.149. The summed E-state index contributed by atoms with van der Waals surface area (Å²) in [5.74, 6) is 1.62. The minimum absolute atomic E-state index is 0.0471. The Morgan fingerprint density at radius 2 is 1.03 bits per heavy atom. The van der Waals surface area contributed by atoms with E-state index in [1.54, 1.807) is 0 Å². The lowest BCUT2D eigenvalue weighted by molar-refractivity contribution is 0.629. The number of aryl methyl sites for hydroxylation is 3. The van der Waals surface area contributed by atoms with Crippen molar-refractivity contribution in [2.24, 2.45) is 0 Å². The second-order valence-corrected chi connectivity index (χ2v) is 19.8. The van der Waals surface area contributed by atoms with Crippen LogP contribution < -0.4 is 30.4 Å². The molecule has 2 aliphatic rings. The Hall–Kier alpha value is -8.52. The molecule has 12 aromatic rings. The highest BCUT2D eigenvalue weighted by atomic mass is 32.1. The van der Waals surface area contributed by atoms with E-state index in [4.69, 9.17) is 8.83 Å². The van der Waals surface area contributed by atoms with Crippen LogP contribution in [0.25, 0.3) is 54.7 Å². The number of anilines is 9. The summed E-state index contributed by atoms with van der Waals surface area (Å²) in [4.78, 5) is 7.49. The first kappa shape index (κ1) is 40.5. The highest BCUT2D eigenvalue weighted by Crippen LogP contribution is 2.51. The molecule has 7 heteroatoms. The third-order valence-corrected chi connectivity index (χ3v) is 15.5. The van der Waals surface area contributed by atoms with Crippen molar-refractivity contribution in [1.29, 1.82) is 0 Å². The van der Waals surface area contributed by atoms with E-state index in [2.05, 4.69) is 224 Å². The summed E-state index contributed by atoms with van der Waals surface area (Å²) in [6, 6.07) is 76.7. The molecule has 5 nitrogen and oxygen atoms in total. The molecule has 5 heterocycles. The van der Waals surface area contributed by atoms with Crippen LogP contribution in [0.1, 0.15) is 16.7 Å². The number of para-hydroxylation sites is 5. The van der Waals surface area contributed by atoms with Gasteiger partial charge in [0.1, 0.15) is 22.7 Å². The van der Waals surface area contributed by atoms with Crippen molar-refractivity contribution in [3.63, 3.8) is 0 Å². The average molecular weight is 918 g/mol. The standard InChI is InChI=1S/C63H44BN3O2S/c1-39-31-53-60-54(32-39)67(61-40(2)17-16-18-41(61)3)52-38-48(65(46-21-6-4-7-22-46)47-23-8-5-9-24-47)29-30-51(52)64(60)63-62(50-25-12-15-28-59(50)70-63)66(53)49-34-44(57-36-42-19-10-13-26-55(42)68-57)33-45(35-49)58-37-43-20-11-14-27-56(43)69-58/h4-38H,1-3H3. The van der Waals surface area contributed by atoms with Crippen molar-refractivity contribution in [3.8, 4) is 22.6 Å². The smallest absolute Gasteiger partial charge is 0.264 e. The molecule has 332 valence electrons. The Morgan fingerprint density at radius 1 is 0.457 bits per heavy atom. The molecule has 0 unspecified atom stereocenters. The van der Waals surface area contributed by atoms with Gasteiger partial charge in [0.15, 0.2) is 0 Å². The molecular weight excluding hydrogens is 874 g/mol. The Kier molecular flexibility index (Phi) is 9.14. The lowest BCUT2D eigenvalue weighted by atomic mass is 9.36. The molecule has 0 aliphatic carbocycles. The molecule has 0 bridgehead atoms. The summed E-state index contributed by atoms with van der Waals surface area (Å²) < 4.78 is 15.9. The maximum Gasteiger partial charge on any atom is 0.264 e. The van der Waals surface area contributed by atoms with Crippen molar-refractivity contribution >= 4 is 117 Å². The molecule has 14 rings (SSSR count). The molecule has 0 spiro atoms. The number of fused-ring (bicyclic) bond motifs is 8. The van der Waals surface area contributed by atoms with Gasteiger partial charge < -0.3 is 23.5 Å². The summed E-state index contributed by atoms with van der Waals surface area (Å²) in [5.41, 5.74) is 20.1. The van der Waals surface area contributed by atoms with Crippen LogP contribution in [0.3, 0.4) is 0 Å². The first-order chi connectivity index (χ1) is 34.4. The Labute approximate surface area is 410 Å². The molecule has 0 atom stereocenters. The molecule has 0 fully saturated rings. The lowest BCUT2D eigenvalue weighted by Gasteiger charge is -2.44. The third kappa shape index (κ3) is 6.32. The first-order valence-electron chi connectivity index (χ1n) is 23.9. The lowest BCUT2D eigenvalue weighted by Crippen LogP contribution is -2.60. The van der Waals surface area contributed by atoms with Gasteiger partial charge in [-0.1, -0.05) is 115 Å². The monoisotopic (exact) mass is 917 g/mol. The summed E-state index contributed by atoms with van der Waals surface area (Å²) in [6.07, 6.45) is 0. The van der Waals surface area contributed by atoms with Gasteiger partial charge in [-0.05, 0) is 145 Å². The van der Waals surface area contributed by atoms with E-state index in [1.807, 2.05) is 35.6 Å². The fourth-order valence-corrected chi connectivity index (χ4v) is 12.6. The molecule has 9 aromatic carbocycles. The zero-order valence-corrected chi connectivity index (χ0v) is 39.7. The van der Waals surface area contributed by atoms with E-state index in [9.17, 15) is 0 Å². The van der Waals surface area contributed by atoms with Crippen LogP contribution in [0.5, 0.6) is 0 Å². The summed E-state index contributed by atoms with van der Waals surface area (Å²) in [6.45, 7) is 6.70. The van der Waals surface area contributed by atoms with Gasteiger partial charge in [-0.3, -0.25) is 0 Å². The van der Waals surface area contributed by atoms with Gasteiger partial charge in [-0.15, -0.1) is 11.3 Å². The number of thiophene rings is 1. The predicted octanol–water partition coefficient (Wildman–Crippen LogP) is 16.2. The van der Waals surface area contributed by atoms with Gasteiger partial charge in [0.05, 0.1) is 11.4 Å². The number of nitrogens with zero attached hydrogens (tertiary/aromatic N) is 3. The van der Waals surface area contributed by atoms with Crippen LogP contribution in [-0.4, -0.2) is 6.71 Å². The molecular formula is C63H44BN3O2S. The van der Waals surface area contributed by atoms with Crippen molar-refractivity contribution < 1.29 is 8.83 Å². The van der Waals surface area contributed by atoms with E-state index in [0.717, 1.165) is 73.0 Å². The molecule has 0 amide bonds. The van der Waals surface area contributed by atoms with E-state index in [-0.39, 0.29) is 6.71 Å². The second-order valence-electron chi connectivity index (χ2n) is 18.7. The number of benzene rings is 9. The van der Waals surface area contributed by atoms with Crippen molar-refractivity contribution in [2.75, 3.05) is 14.7 Å². The predicted molar refractivity (Wildman–Crippen MR) is 295 cm³/mol. The Bertz CT molecular complexity index is 3820. The maximum absolute atomic E-state index is 6.67. The van der Waals surface area contributed by atoms with E-state index in [0.29, 0.717) is 0 Å². The first-order valence-corrected chi connectivity index (χ1v) is 24.7. The minimum Gasteiger partial charge on any atom is -0.456 e. The van der Waals surface area contributed by atoms with Crippen molar-refractivity contribution in [3.05, 3.63) is 229 Å². The van der Waals surface area contributed by atoms with Gasteiger partial charge in [-0.25, -0.2) is 0 Å². The van der Waals surface area contributed by atoms with Gasteiger partial charge in [0.25, 0.3) is 6.71 Å². The number of furan rings is 2. The molecule has 2 aliphatic heterocycles. The van der Waals surface area contributed by atoms with Gasteiger partial charge >= 0.3 is 0 Å². The number of hydrogen-bond acceptors (Lipinski definition) is 6. The van der Waals surface area contributed by atoms with Crippen LogP contribution in [0.15, 0.2) is 221 Å². The molecule has 0 saturated carbocycles. The molecule has 0 N–H and O–H groups in total. The number of rotatable bonds is 7. The van der Waals surface area contributed by atoms with Crippen LogP contribution in [0.2, 0.25) is 0 Å². The molecule has 3 aromatic heterocycles. The Balaban J connectivity index is 1.06. The molecule has 70 heavy (non-hydrogen) atoms. The summed E-state index contributed by atoms with van der Waals surface area (Å²) >= 11 is 1.91. The van der Waals surface area contributed by atoms with Gasteiger partial charge in [-0.2, -0.15) is 0 Å². The topological polar surface area (TPSA) is 36.0 Å². The largest absolute Gasteiger partial charge is 0.456 e. The van der Waals surface area contributed by atoms with Gasteiger partial charge in [0, 0.05) is 76.6 Å². The fraction of sp³-hybridized carbons (Fsp3) is 0.0476. The molecule has 0 radical (unpaired) electrons. The fourth-order valence-electron chi connectivity index (χ4n) is 11.2. The Morgan fingerprint density at radius 3 is 1.66 bits per heavy atom. The summed E-state index contributed by atoms with van der Waals surface area (Å²) in [5, 5.41) is 3.36. The van der Waals surface area contributed by atoms with Gasteiger partial charge in [0.2, 0.25) is 0 Å². The highest BCUT2D eigenvalue weighted by molar-refractivity contribution is 7.33. The molecule has 0 saturated heterocycles. The number of hydrogen-bond donors (Lipinski definition) is 0. The maximum atomic E-state index is 6.67.